The molecular formula is C14H16ClFN2O. The van der Waals surface area contributed by atoms with Gasteiger partial charge in [0.05, 0.1) is 16.8 Å². The Balaban J connectivity index is 1.71. The van der Waals surface area contributed by atoms with Gasteiger partial charge in [0.1, 0.15) is 5.82 Å². The van der Waals surface area contributed by atoms with Gasteiger partial charge in [-0.25, -0.2) is 4.39 Å². The molecule has 19 heavy (non-hydrogen) atoms. The summed E-state index contributed by atoms with van der Waals surface area (Å²) in [5.74, 6) is 0.583. The van der Waals surface area contributed by atoms with Crippen molar-refractivity contribution >= 4 is 23.2 Å². The predicted octanol–water partition coefficient (Wildman–Crippen LogP) is 2.81. The Morgan fingerprint density at radius 1 is 1.42 bits per heavy atom. The number of carbonyl (C=O) groups excluding carboxylic acids is 1. The van der Waals surface area contributed by atoms with Crippen LogP contribution >= 0.6 is 11.6 Å². The fourth-order valence-corrected chi connectivity index (χ4v) is 3.49. The van der Waals surface area contributed by atoms with Crippen molar-refractivity contribution in [2.24, 2.45) is 11.8 Å². The minimum Gasteiger partial charge on any atom is -0.323 e. The first-order chi connectivity index (χ1) is 9.15. The first-order valence-electron chi connectivity index (χ1n) is 6.64. The molecule has 0 aromatic heterocycles. The molecule has 1 saturated heterocycles. The first kappa shape index (κ1) is 12.9. The summed E-state index contributed by atoms with van der Waals surface area (Å²) in [7, 11) is 0. The maximum Gasteiger partial charge on any atom is 0.241 e. The molecule has 1 aliphatic carbocycles. The average Bonchev–Trinajstić information content (AvgIpc) is 2.94. The Labute approximate surface area is 116 Å². The molecule has 2 fully saturated rings. The standard InChI is InChI=1S/C14H16ClFN2O/c15-11-6-9(16)4-5-12(11)18-14(19)13-10-3-1-2-8(10)7-17-13/h4-6,8,10,13,17H,1-3,7H2,(H,18,19). The SMILES string of the molecule is O=C(Nc1ccc(F)cc1Cl)C1NCC2CCCC21. The summed E-state index contributed by atoms with van der Waals surface area (Å²) in [6, 6.07) is 3.85. The zero-order valence-electron chi connectivity index (χ0n) is 10.5. The van der Waals surface area contributed by atoms with E-state index in [1.807, 2.05) is 0 Å². The van der Waals surface area contributed by atoms with Crippen LogP contribution in [0, 0.1) is 17.7 Å². The second kappa shape index (κ2) is 5.10. The molecule has 3 rings (SSSR count). The van der Waals surface area contributed by atoms with E-state index in [0.29, 0.717) is 17.5 Å². The topological polar surface area (TPSA) is 41.1 Å². The molecule has 3 unspecified atom stereocenters. The Bertz CT molecular complexity index is 508. The summed E-state index contributed by atoms with van der Waals surface area (Å²) in [4.78, 5) is 12.3. The third kappa shape index (κ3) is 2.47. The molecular weight excluding hydrogens is 267 g/mol. The van der Waals surface area contributed by atoms with Crippen LogP contribution in [0.1, 0.15) is 19.3 Å². The van der Waals surface area contributed by atoms with Crippen LogP contribution in [0.25, 0.3) is 0 Å². The molecule has 1 saturated carbocycles. The third-order valence-corrected chi connectivity index (χ3v) is 4.53. The van der Waals surface area contributed by atoms with Gasteiger partial charge in [0.2, 0.25) is 5.91 Å². The van der Waals surface area contributed by atoms with Crippen LogP contribution in [0.15, 0.2) is 18.2 Å². The fraction of sp³-hybridized carbons (Fsp3) is 0.500. The van der Waals surface area contributed by atoms with Gasteiger partial charge in [-0.3, -0.25) is 4.79 Å². The molecule has 0 radical (unpaired) electrons. The number of amides is 1. The van der Waals surface area contributed by atoms with Crippen molar-refractivity contribution in [1.82, 2.24) is 5.32 Å². The number of fused-ring (bicyclic) bond motifs is 1. The number of nitrogens with one attached hydrogen (secondary N) is 2. The molecule has 5 heteroatoms. The number of anilines is 1. The van der Waals surface area contributed by atoms with Crippen LogP contribution < -0.4 is 10.6 Å². The number of hydrogen-bond acceptors (Lipinski definition) is 2. The lowest BCUT2D eigenvalue weighted by Crippen LogP contribution is -2.39. The summed E-state index contributed by atoms with van der Waals surface area (Å²) >= 11 is 5.92. The van der Waals surface area contributed by atoms with Crippen molar-refractivity contribution in [3.8, 4) is 0 Å². The quantitative estimate of drug-likeness (QED) is 0.876. The molecule has 0 spiro atoms. The lowest BCUT2D eigenvalue weighted by Gasteiger charge is -2.18. The Morgan fingerprint density at radius 3 is 3.05 bits per heavy atom. The highest BCUT2D eigenvalue weighted by atomic mass is 35.5. The van der Waals surface area contributed by atoms with Crippen LogP contribution in [0.4, 0.5) is 10.1 Å². The second-order valence-electron chi connectivity index (χ2n) is 5.35. The Morgan fingerprint density at radius 2 is 2.26 bits per heavy atom. The Hall–Kier alpha value is -1.13. The maximum absolute atomic E-state index is 13.0. The van der Waals surface area contributed by atoms with E-state index in [9.17, 15) is 9.18 Å². The van der Waals surface area contributed by atoms with Crippen molar-refractivity contribution in [3.05, 3.63) is 29.0 Å². The van der Waals surface area contributed by atoms with Crippen molar-refractivity contribution < 1.29 is 9.18 Å². The van der Waals surface area contributed by atoms with Crippen molar-refractivity contribution in [2.45, 2.75) is 25.3 Å². The average molecular weight is 283 g/mol. The predicted molar refractivity (Wildman–Crippen MR) is 72.7 cm³/mol. The summed E-state index contributed by atoms with van der Waals surface area (Å²) in [6.07, 6.45) is 3.52. The number of carbonyl (C=O) groups is 1. The van der Waals surface area contributed by atoms with E-state index >= 15 is 0 Å². The van der Waals surface area contributed by atoms with Crippen molar-refractivity contribution in [2.75, 3.05) is 11.9 Å². The lowest BCUT2D eigenvalue weighted by atomic mass is 9.93. The molecule has 1 amide bonds. The molecule has 3 atom stereocenters. The first-order valence-corrected chi connectivity index (χ1v) is 7.02. The maximum atomic E-state index is 13.0. The largest absolute Gasteiger partial charge is 0.323 e. The van der Waals surface area contributed by atoms with E-state index < -0.39 is 5.82 Å². The molecule has 1 aliphatic heterocycles. The van der Waals surface area contributed by atoms with Gasteiger partial charge < -0.3 is 10.6 Å². The summed E-state index contributed by atoms with van der Waals surface area (Å²) in [5, 5.41) is 6.30. The zero-order valence-corrected chi connectivity index (χ0v) is 11.2. The van der Waals surface area contributed by atoms with Gasteiger partial charge in [-0.05, 0) is 49.4 Å². The Kier molecular flexibility index (Phi) is 3.46. The summed E-state index contributed by atoms with van der Waals surface area (Å²) in [6.45, 7) is 0.917. The van der Waals surface area contributed by atoms with Crippen LogP contribution in [-0.4, -0.2) is 18.5 Å². The van der Waals surface area contributed by atoms with E-state index in [1.165, 1.54) is 31.0 Å². The van der Waals surface area contributed by atoms with Gasteiger partial charge in [0.15, 0.2) is 0 Å². The second-order valence-corrected chi connectivity index (χ2v) is 5.76. The lowest BCUT2D eigenvalue weighted by molar-refractivity contribution is -0.118. The van der Waals surface area contributed by atoms with E-state index in [-0.39, 0.29) is 17.0 Å². The van der Waals surface area contributed by atoms with Gasteiger partial charge >= 0.3 is 0 Å². The van der Waals surface area contributed by atoms with E-state index in [2.05, 4.69) is 10.6 Å². The van der Waals surface area contributed by atoms with Crippen molar-refractivity contribution in [3.63, 3.8) is 0 Å². The molecule has 1 aromatic carbocycles. The highest BCUT2D eigenvalue weighted by Crippen LogP contribution is 2.38. The third-order valence-electron chi connectivity index (χ3n) is 4.22. The van der Waals surface area contributed by atoms with E-state index in [1.54, 1.807) is 0 Å². The number of hydrogen-bond donors (Lipinski definition) is 2. The van der Waals surface area contributed by atoms with Crippen LogP contribution in [0.5, 0.6) is 0 Å². The normalized spacial score (nSPS) is 29.3. The van der Waals surface area contributed by atoms with Gasteiger partial charge in [0.25, 0.3) is 0 Å². The molecule has 0 bridgehead atoms. The van der Waals surface area contributed by atoms with Crippen LogP contribution in [-0.2, 0) is 4.79 Å². The fourth-order valence-electron chi connectivity index (χ4n) is 3.28. The smallest absolute Gasteiger partial charge is 0.241 e. The van der Waals surface area contributed by atoms with Crippen LogP contribution in [0.3, 0.4) is 0 Å². The van der Waals surface area contributed by atoms with Gasteiger partial charge in [-0.15, -0.1) is 0 Å². The molecule has 3 nitrogen and oxygen atoms in total. The van der Waals surface area contributed by atoms with Gasteiger partial charge in [-0.2, -0.15) is 0 Å². The minimum absolute atomic E-state index is 0.0668. The molecule has 1 heterocycles. The van der Waals surface area contributed by atoms with Gasteiger partial charge in [0, 0.05) is 0 Å². The van der Waals surface area contributed by atoms with E-state index in [4.69, 9.17) is 11.6 Å². The number of halogens is 2. The van der Waals surface area contributed by atoms with Crippen LogP contribution in [0.2, 0.25) is 5.02 Å². The monoisotopic (exact) mass is 282 g/mol. The van der Waals surface area contributed by atoms with Gasteiger partial charge in [-0.1, -0.05) is 18.0 Å². The van der Waals surface area contributed by atoms with E-state index in [0.717, 1.165) is 13.0 Å². The molecule has 1 aromatic rings. The minimum atomic E-state index is -0.405. The summed E-state index contributed by atoms with van der Waals surface area (Å²) in [5.41, 5.74) is 0.469. The zero-order chi connectivity index (χ0) is 13.4. The van der Waals surface area contributed by atoms with Crippen molar-refractivity contribution in [1.29, 1.82) is 0 Å². The molecule has 102 valence electrons. The number of benzene rings is 1. The summed E-state index contributed by atoms with van der Waals surface area (Å²) < 4.78 is 13.0. The highest BCUT2D eigenvalue weighted by molar-refractivity contribution is 6.33. The molecule has 2 N–H and O–H groups in total. The highest BCUT2D eigenvalue weighted by Gasteiger charge is 2.42. The number of rotatable bonds is 2. The molecule has 2 aliphatic rings.